The lowest BCUT2D eigenvalue weighted by Gasteiger charge is -2.20. The largest absolute Gasteiger partial charge is 0.491 e. The summed E-state index contributed by atoms with van der Waals surface area (Å²) < 4.78 is 11.7. The lowest BCUT2D eigenvalue weighted by Crippen LogP contribution is -2.37. The van der Waals surface area contributed by atoms with Gasteiger partial charge in [-0.3, -0.25) is 4.79 Å². The van der Waals surface area contributed by atoms with Crippen LogP contribution >= 0.6 is 0 Å². The van der Waals surface area contributed by atoms with Gasteiger partial charge in [-0.25, -0.2) is 0 Å². The molecule has 0 spiro atoms. The fourth-order valence-corrected chi connectivity index (χ4v) is 3.13. The summed E-state index contributed by atoms with van der Waals surface area (Å²) in [6.45, 7) is 3.17. The number of fused-ring (bicyclic) bond motifs is 1. The highest BCUT2D eigenvalue weighted by molar-refractivity contribution is 5.96. The van der Waals surface area contributed by atoms with Gasteiger partial charge in [-0.1, -0.05) is 42.5 Å². The van der Waals surface area contributed by atoms with Crippen molar-refractivity contribution in [2.45, 2.75) is 25.3 Å². The number of carbonyl (C=O) groups excluding carboxylic acids is 1. The molecule has 0 aromatic heterocycles. The van der Waals surface area contributed by atoms with Gasteiger partial charge in [0.15, 0.2) is 0 Å². The van der Waals surface area contributed by atoms with Crippen LogP contribution in [0.3, 0.4) is 0 Å². The highest BCUT2D eigenvalue weighted by Gasteiger charge is 2.15. The molecule has 2 aromatic carbocycles. The number of nitrogens with one attached hydrogen (secondary N) is 2. The molecule has 1 amide bonds. The molecule has 0 aliphatic carbocycles. The molecule has 2 N–H and O–H groups in total. The molecule has 0 bridgehead atoms. The molecule has 1 atom stereocenters. The van der Waals surface area contributed by atoms with E-state index in [4.69, 9.17) is 9.47 Å². The van der Waals surface area contributed by atoms with Crippen molar-refractivity contribution < 1.29 is 14.3 Å². The molecule has 144 valence electrons. The van der Waals surface area contributed by atoms with E-state index >= 15 is 0 Å². The number of rotatable bonds is 2. The van der Waals surface area contributed by atoms with Gasteiger partial charge in [0.25, 0.3) is 5.91 Å². The van der Waals surface area contributed by atoms with E-state index in [-0.39, 0.29) is 11.9 Å². The standard InChI is InChI=1S/C22H28N2O3/c25-22-20-10-4-5-11-21(20)27-17-19(16-18-8-2-1-3-9-18)23-12-6-7-14-26-15-13-24-22/h1-5,8-11,19,23H,6-7,12-17H2,(H,24,25)/t19-/m0/s1. The Kier molecular flexibility index (Phi) is 7.69. The van der Waals surface area contributed by atoms with Gasteiger partial charge in [0.05, 0.1) is 12.2 Å². The lowest BCUT2D eigenvalue weighted by atomic mass is 10.1. The minimum atomic E-state index is -0.128. The minimum Gasteiger partial charge on any atom is -0.491 e. The second kappa shape index (κ2) is 10.7. The summed E-state index contributed by atoms with van der Waals surface area (Å²) in [7, 11) is 0. The first-order valence-corrected chi connectivity index (χ1v) is 9.68. The zero-order chi connectivity index (χ0) is 18.7. The van der Waals surface area contributed by atoms with E-state index in [0.717, 1.165) is 25.8 Å². The third kappa shape index (κ3) is 6.38. The van der Waals surface area contributed by atoms with E-state index in [1.165, 1.54) is 5.56 Å². The Morgan fingerprint density at radius 1 is 0.926 bits per heavy atom. The van der Waals surface area contributed by atoms with Crippen LogP contribution in [-0.4, -0.2) is 44.9 Å². The summed E-state index contributed by atoms with van der Waals surface area (Å²) >= 11 is 0. The van der Waals surface area contributed by atoms with E-state index in [9.17, 15) is 4.79 Å². The number of carbonyl (C=O) groups is 1. The van der Waals surface area contributed by atoms with Crippen molar-refractivity contribution in [3.05, 3.63) is 65.7 Å². The van der Waals surface area contributed by atoms with Crippen molar-refractivity contribution in [3.8, 4) is 5.75 Å². The summed E-state index contributed by atoms with van der Waals surface area (Å²) in [5, 5.41) is 6.50. The fourth-order valence-electron chi connectivity index (χ4n) is 3.13. The number of benzene rings is 2. The Hall–Kier alpha value is -2.37. The molecule has 5 heteroatoms. The first kappa shape index (κ1) is 19.4. The summed E-state index contributed by atoms with van der Waals surface area (Å²) in [5.41, 5.74) is 1.83. The van der Waals surface area contributed by atoms with Gasteiger partial charge in [0, 0.05) is 19.2 Å². The smallest absolute Gasteiger partial charge is 0.255 e. The van der Waals surface area contributed by atoms with E-state index in [2.05, 4.69) is 34.9 Å². The first-order chi connectivity index (χ1) is 13.3. The number of ether oxygens (including phenoxy) is 2. The van der Waals surface area contributed by atoms with Gasteiger partial charge in [-0.05, 0) is 43.5 Å². The maximum atomic E-state index is 12.5. The second-order valence-electron chi connectivity index (χ2n) is 6.72. The molecule has 1 heterocycles. The average Bonchev–Trinajstić information content (AvgIpc) is 2.71. The van der Waals surface area contributed by atoms with Crippen LogP contribution in [0.25, 0.3) is 0 Å². The maximum Gasteiger partial charge on any atom is 0.255 e. The molecule has 0 fully saturated rings. The molecule has 0 radical (unpaired) electrons. The van der Waals surface area contributed by atoms with Gasteiger partial charge in [-0.15, -0.1) is 0 Å². The third-order valence-corrected chi connectivity index (χ3v) is 4.58. The first-order valence-electron chi connectivity index (χ1n) is 9.68. The zero-order valence-corrected chi connectivity index (χ0v) is 15.7. The van der Waals surface area contributed by atoms with Crippen LogP contribution in [0.4, 0.5) is 0 Å². The van der Waals surface area contributed by atoms with Crippen LogP contribution in [0, 0.1) is 0 Å². The SMILES string of the molecule is O=C1NCCOCCCCN[C@@H](Cc2ccccc2)COc2ccccc21. The van der Waals surface area contributed by atoms with Crippen molar-refractivity contribution in [1.82, 2.24) is 10.6 Å². The predicted molar refractivity (Wildman–Crippen MR) is 106 cm³/mol. The Bertz CT molecular complexity index is 706. The van der Waals surface area contributed by atoms with E-state index in [1.54, 1.807) is 6.07 Å². The van der Waals surface area contributed by atoms with Gasteiger partial charge in [0.1, 0.15) is 12.4 Å². The Labute approximate surface area is 161 Å². The zero-order valence-electron chi connectivity index (χ0n) is 15.7. The van der Waals surface area contributed by atoms with Gasteiger partial charge >= 0.3 is 0 Å². The molecule has 1 aliphatic rings. The van der Waals surface area contributed by atoms with E-state index in [1.807, 2.05) is 24.3 Å². The maximum absolute atomic E-state index is 12.5. The number of hydrogen-bond donors (Lipinski definition) is 2. The van der Waals surface area contributed by atoms with Crippen molar-refractivity contribution in [1.29, 1.82) is 0 Å². The number of hydrogen-bond acceptors (Lipinski definition) is 4. The van der Waals surface area contributed by atoms with Crippen LogP contribution in [0.2, 0.25) is 0 Å². The van der Waals surface area contributed by atoms with Crippen molar-refractivity contribution in [3.63, 3.8) is 0 Å². The molecule has 0 unspecified atom stereocenters. The molecular weight excluding hydrogens is 340 g/mol. The van der Waals surface area contributed by atoms with Crippen LogP contribution in [0.1, 0.15) is 28.8 Å². The van der Waals surface area contributed by atoms with E-state index in [0.29, 0.717) is 37.7 Å². The molecule has 2 aromatic rings. The van der Waals surface area contributed by atoms with Gasteiger partial charge in [-0.2, -0.15) is 0 Å². The van der Waals surface area contributed by atoms with Crippen LogP contribution in [0.15, 0.2) is 54.6 Å². The topological polar surface area (TPSA) is 59.6 Å². The Balaban J connectivity index is 1.71. The Morgan fingerprint density at radius 3 is 2.63 bits per heavy atom. The summed E-state index contributed by atoms with van der Waals surface area (Å²) in [4.78, 5) is 12.5. The summed E-state index contributed by atoms with van der Waals surface area (Å²) in [6.07, 6.45) is 2.93. The molecular formula is C22H28N2O3. The van der Waals surface area contributed by atoms with Gasteiger partial charge < -0.3 is 20.1 Å². The predicted octanol–water partition coefficient (Wildman–Crippen LogP) is 2.81. The fraction of sp³-hybridized carbons (Fsp3) is 0.409. The third-order valence-electron chi connectivity index (χ3n) is 4.58. The normalized spacial score (nSPS) is 19.7. The van der Waals surface area contributed by atoms with Crippen molar-refractivity contribution in [2.24, 2.45) is 0 Å². The van der Waals surface area contributed by atoms with Crippen LogP contribution in [-0.2, 0) is 11.2 Å². The second-order valence-corrected chi connectivity index (χ2v) is 6.72. The molecule has 1 aliphatic heterocycles. The molecule has 27 heavy (non-hydrogen) atoms. The lowest BCUT2D eigenvalue weighted by molar-refractivity contribution is 0.0909. The number of amides is 1. The van der Waals surface area contributed by atoms with Gasteiger partial charge in [0.2, 0.25) is 0 Å². The van der Waals surface area contributed by atoms with Crippen LogP contribution in [0.5, 0.6) is 5.75 Å². The average molecular weight is 368 g/mol. The summed E-state index contributed by atoms with van der Waals surface area (Å²) in [5.74, 6) is 0.488. The van der Waals surface area contributed by atoms with E-state index < -0.39 is 0 Å². The summed E-state index contributed by atoms with van der Waals surface area (Å²) in [6, 6.07) is 18.0. The highest BCUT2D eigenvalue weighted by atomic mass is 16.5. The van der Waals surface area contributed by atoms with Crippen molar-refractivity contribution in [2.75, 3.05) is 32.9 Å². The quantitative estimate of drug-likeness (QED) is 0.856. The molecule has 5 nitrogen and oxygen atoms in total. The molecule has 0 saturated carbocycles. The Morgan fingerprint density at radius 2 is 1.74 bits per heavy atom. The minimum absolute atomic E-state index is 0.128. The van der Waals surface area contributed by atoms with Crippen LogP contribution < -0.4 is 15.4 Å². The molecule has 0 saturated heterocycles. The molecule has 3 rings (SSSR count). The highest BCUT2D eigenvalue weighted by Crippen LogP contribution is 2.18. The van der Waals surface area contributed by atoms with Crippen molar-refractivity contribution >= 4 is 5.91 Å². The number of para-hydroxylation sites is 1. The monoisotopic (exact) mass is 368 g/mol.